The maximum atomic E-state index is 5.36. The normalized spacial score (nSPS) is 15.4. The van der Waals surface area contributed by atoms with Gasteiger partial charge in [-0.05, 0) is 23.6 Å². The third-order valence-corrected chi connectivity index (χ3v) is 3.65. The Bertz CT molecular complexity index is 609. The molecule has 0 radical (unpaired) electrons. The average Bonchev–Trinajstić information content (AvgIpc) is 2.53. The van der Waals surface area contributed by atoms with Crippen molar-refractivity contribution in [3.8, 4) is 11.5 Å². The number of ether oxygens (including phenoxy) is 2. The van der Waals surface area contributed by atoms with Crippen molar-refractivity contribution in [2.24, 2.45) is 0 Å². The first kappa shape index (κ1) is 13.0. The van der Waals surface area contributed by atoms with Crippen molar-refractivity contribution >= 4 is 16.6 Å². The number of aromatic nitrogens is 1. The van der Waals surface area contributed by atoms with Gasteiger partial charge in [0.15, 0.2) is 11.5 Å². The molecule has 1 aromatic carbocycles. The maximum Gasteiger partial charge on any atom is 0.161 e. The van der Waals surface area contributed by atoms with E-state index in [-0.39, 0.29) is 0 Å². The Labute approximate surface area is 118 Å². The largest absolute Gasteiger partial charge is 0.493 e. The Morgan fingerprint density at radius 1 is 1.00 bits per heavy atom. The van der Waals surface area contributed by atoms with Crippen molar-refractivity contribution in [1.82, 2.24) is 10.3 Å². The first-order valence-corrected chi connectivity index (χ1v) is 6.79. The van der Waals surface area contributed by atoms with Crippen LogP contribution in [0.15, 0.2) is 24.4 Å². The van der Waals surface area contributed by atoms with E-state index < -0.39 is 0 Å². The summed E-state index contributed by atoms with van der Waals surface area (Å²) in [5, 5.41) is 5.52. The summed E-state index contributed by atoms with van der Waals surface area (Å²) in [5.41, 5.74) is 0. The SMILES string of the molecule is COc1cc2cnc(N3CCNCC3)cc2cc1OC. The predicted octanol–water partition coefficient (Wildman–Crippen LogP) is 1.66. The Morgan fingerprint density at radius 2 is 1.65 bits per heavy atom. The third-order valence-electron chi connectivity index (χ3n) is 3.65. The molecule has 20 heavy (non-hydrogen) atoms. The molecule has 0 unspecified atom stereocenters. The second-order valence-corrected chi connectivity index (χ2v) is 4.83. The summed E-state index contributed by atoms with van der Waals surface area (Å²) in [6.45, 7) is 3.99. The van der Waals surface area contributed by atoms with Crippen molar-refractivity contribution in [3.05, 3.63) is 24.4 Å². The minimum absolute atomic E-state index is 0.733. The Hall–Kier alpha value is -2.01. The lowest BCUT2D eigenvalue weighted by molar-refractivity contribution is 0.356. The fraction of sp³-hybridized carbons (Fsp3) is 0.400. The van der Waals surface area contributed by atoms with Crippen molar-refractivity contribution < 1.29 is 9.47 Å². The van der Waals surface area contributed by atoms with Crippen LogP contribution in [0.25, 0.3) is 10.8 Å². The summed E-state index contributed by atoms with van der Waals surface area (Å²) >= 11 is 0. The lowest BCUT2D eigenvalue weighted by Gasteiger charge is -2.28. The van der Waals surface area contributed by atoms with Gasteiger partial charge in [0.1, 0.15) is 5.82 Å². The molecule has 1 aromatic heterocycles. The number of fused-ring (bicyclic) bond motifs is 1. The standard InChI is InChI=1S/C15H19N3O2/c1-19-13-7-11-9-15(18-5-3-16-4-6-18)17-10-12(11)8-14(13)20-2/h7-10,16H,3-6H2,1-2H3. The van der Waals surface area contributed by atoms with E-state index in [0.717, 1.165) is 54.3 Å². The molecule has 3 rings (SSSR count). The van der Waals surface area contributed by atoms with Crippen molar-refractivity contribution in [2.45, 2.75) is 0 Å². The Balaban J connectivity index is 2.01. The van der Waals surface area contributed by atoms with Crippen molar-refractivity contribution in [3.63, 3.8) is 0 Å². The summed E-state index contributed by atoms with van der Waals surface area (Å²) < 4.78 is 10.7. The number of benzene rings is 1. The number of nitrogens with zero attached hydrogens (tertiary/aromatic N) is 2. The maximum absolute atomic E-state index is 5.36. The van der Waals surface area contributed by atoms with E-state index in [1.165, 1.54) is 0 Å². The van der Waals surface area contributed by atoms with Gasteiger partial charge in [-0.2, -0.15) is 0 Å². The van der Waals surface area contributed by atoms with E-state index in [1.54, 1.807) is 14.2 Å². The highest BCUT2D eigenvalue weighted by molar-refractivity contribution is 5.87. The molecule has 1 aliphatic heterocycles. The molecule has 0 saturated carbocycles. The average molecular weight is 273 g/mol. The van der Waals surface area contributed by atoms with Gasteiger partial charge >= 0.3 is 0 Å². The van der Waals surface area contributed by atoms with Gasteiger partial charge in [-0.1, -0.05) is 0 Å². The summed E-state index contributed by atoms with van der Waals surface area (Å²) in [7, 11) is 3.30. The molecular weight excluding hydrogens is 254 g/mol. The molecule has 1 N–H and O–H groups in total. The second kappa shape index (κ2) is 5.54. The van der Waals surface area contributed by atoms with Gasteiger partial charge < -0.3 is 19.7 Å². The molecule has 0 amide bonds. The first-order valence-electron chi connectivity index (χ1n) is 6.79. The predicted molar refractivity (Wildman–Crippen MR) is 79.9 cm³/mol. The molecule has 0 atom stereocenters. The smallest absolute Gasteiger partial charge is 0.161 e. The summed E-state index contributed by atoms with van der Waals surface area (Å²) in [6, 6.07) is 6.08. The minimum atomic E-state index is 0.733. The number of rotatable bonds is 3. The monoisotopic (exact) mass is 273 g/mol. The van der Waals surface area contributed by atoms with Crippen LogP contribution >= 0.6 is 0 Å². The molecule has 0 spiro atoms. The highest BCUT2D eigenvalue weighted by Crippen LogP contribution is 2.33. The zero-order valence-corrected chi connectivity index (χ0v) is 11.8. The van der Waals surface area contributed by atoms with E-state index in [1.807, 2.05) is 18.3 Å². The number of hydrogen-bond donors (Lipinski definition) is 1. The molecule has 2 aromatic rings. The molecule has 106 valence electrons. The molecule has 5 nitrogen and oxygen atoms in total. The molecule has 1 saturated heterocycles. The zero-order valence-electron chi connectivity index (χ0n) is 11.8. The third kappa shape index (κ3) is 2.36. The second-order valence-electron chi connectivity index (χ2n) is 4.83. The molecule has 0 aliphatic carbocycles. The van der Waals surface area contributed by atoms with Crippen LogP contribution in [0.5, 0.6) is 11.5 Å². The van der Waals surface area contributed by atoms with Crippen LogP contribution in [0.3, 0.4) is 0 Å². The van der Waals surface area contributed by atoms with Crippen LogP contribution in [0, 0.1) is 0 Å². The molecule has 2 heterocycles. The highest BCUT2D eigenvalue weighted by Gasteiger charge is 2.13. The van der Waals surface area contributed by atoms with E-state index in [4.69, 9.17) is 9.47 Å². The summed E-state index contributed by atoms with van der Waals surface area (Å²) in [5.74, 6) is 2.50. The van der Waals surface area contributed by atoms with Gasteiger partial charge in [0.25, 0.3) is 0 Å². The zero-order chi connectivity index (χ0) is 13.9. The van der Waals surface area contributed by atoms with Crippen LogP contribution in [-0.2, 0) is 0 Å². The van der Waals surface area contributed by atoms with Gasteiger partial charge in [-0.3, -0.25) is 0 Å². The number of pyridine rings is 1. The van der Waals surface area contributed by atoms with Crippen LogP contribution in [0.4, 0.5) is 5.82 Å². The first-order chi connectivity index (χ1) is 9.81. The van der Waals surface area contributed by atoms with E-state index in [9.17, 15) is 0 Å². The van der Waals surface area contributed by atoms with Crippen molar-refractivity contribution in [2.75, 3.05) is 45.3 Å². The quantitative estimate of drug-likeness (QED) is 0.921. The fourth-order valence-corrected chi connectivity index (χ4v) is 2.53. The number of methoxy groups -OCH3 is 2. The van der Waals surface area contributed by atoms with E-state index >= 15 is 0 Å². The Morgan fingerprint density at radius 3 is 2.30 bits per heavy atom. The number of anilines is 1. The van der Waals surface area contributed by atoms with E-state index in [2.05, 4.69) is 21.3 Å². The van der Waals surface area contributed by atoms with Crippen molar-refractivity contribution in [1.29, 1.82) is 0 Å². The summed E-state index contributed by atoms with van der Waals surface area (Å²) in [6.07, 6.45) is 1.90. The lowest BCUT2D eigenvalue weighted by Crippen LogP contribution is -2.43. The fourth-order valence-electron chi connectivity index (χ4n) is 2.53. The van der Waals surface area contributed by atoms with Crippen LogP contribution in [0.1, 0.15) is 0 Å². The lowest BCUT2D eigenvalue weighted by atomic mass is 10.1. The number of nitrogens with one attached hydrogen (secondary N) is 1. The Kier molecular flexibility index (Phi) is 3.60. The van der Waals surface area contributed by atoms with E-state index in [0.29, 0.717) is 0 Å². The molecular formula is C15H19N3O2. The van der Waals surface area contributed by atoms with Gasteiger partial charge in [0, 0.05) is 37.8 Å². The van der Waals surface area contributed by atoms with Crippen LogP contribution in [0.2, 0.25) is 0 Å². The molecule has 0 bridgehead atoms. The van der Waals surface area contributed by atoms with Gasteiger partial charge in [0.2, 0.25) is 0 Å². The molecule has 5 heteroatoms. The van der Waals surface area contributed by atoms with Gasteiger partial charge in [0.05, 0.1) is 14.2 Å². The highest BCUT2D eigenvalue weighted by atomic mass is 16.5. The number of piperazine rings is 1. The molecule has 1 fully saturated rings. The minimum Gasteiger partial charge on any atom is -0.493 e. The summed E-state index contributed by atoms with van der Waals surface area (Å²) in [4.78, 5) is 6.86. The van der Waals surface area contributed by atoms with Crippen LogP contribution in [-0.4, -0.2) is 45.4 Å². The molecule has 1 aliphatic rings. The van der Waals surface area contributed by atoms with Gasteiger partial charge in [-0.25, -0.2) is 4.98 Å². The van der Waals surface area contributed by atoms with Gasteiger partial charge in [-0.15, -0.1) is 0 Å². The van der Waals surface area contributed by atoms with Crippen LogP contribution < -0.4 is 19.7 Å². The number of hydrogen-bond acceptors (Lipinski definition) is 5. The topological polar surface area (TPSA) is 46.6 Å².